The van der Waals surface area contributed by atoms with E-state index in [1.807, 2.05) is 32.0 Å². The van der Waals surface area contributed by atoms with E-state index in [9.17, 15) is 9.36 Å². The number of hydrogen-bond acceptors (Lipinski definition) is 10. The Labute approximate surface area is 267 Å². The summed E-state index contributed by atoms with van der Waals surface area (Å²) in [6, 6.07) is 7.28. The summed E-state index contributed by atoms with van der Waals surface area (Å²) < 4.78 is 25.8. The summed E-state index contributed by atoms with van der Waals surface area (Å²) in [5.41, 5.74) is 1.45. The minimum Gasteiger partial charge on any atom is -0.354 e. The summed E-state index contributed by atoms with van der Waals surface area (Å²) in [6.07, 6.45) is 1.51. The fraction of sp³-hybridized carbons (Fsp3) is 0.417. The van der Waals surface area contributed by atoms with Crippen molar-refractivity contribution in [2.24, 2.45) is 0 Å². The van der Waals surface area contributed by atoms with Crippen LogP contribution >= 0.6 is 30.7 Å². The van der Waals surface area contributed by atoms with Crippen molar-refractivity contribution < 1.29 is 18.4 Å². The van der Waals surface area contributed by atoms with Crippen LogP contribution in [-0.4, -0.2) is 103 Å². The molecule has 3 aromatic rings. The molecule has 1 aliphatic heterocycles. The fourth-order valence-corrected chi connectivity index (χ4v) is 6.70. The maximum atomic E-state index is 13.1. The smallest absolute Gasteiger partial charge is 0.354 e. The summed E-state index contributed by atoms with van der Waals surface area (Å²) in [6.45, 7) is 10.2. The van der Waals surface area contributed by atoms with E-state index in [0.29, 0.717) is 71.8 Å². The molecule has 3 heterocycles. The van der Waals surface area contributed by atoms with Gasteiger partial charge in [-0.1, -0.05) is 35.1 Å². The number of benzene rings is 1. The molecule has 2 N–H and O–H groups in total. The van der Waals surface area contributed by atoms with E-state index in [4.69, 9.17) is 20.6 Å². The molecule has 39 heavy (non-hydrogen) atoms. The average Bonchev–Trinajstić information content (AvgIpc) is 3.35. The Balaban J connectivity index is 0.00000420. The number of aromatic nitrogens is 3. The molecule has 0 atom stereocenters. The van der Waals surface area contributed by atoms with Crippen LogP contribution < -0.4 is 15.5 Å². The van der Waals surface area contributed by atoms with Gasteiger partial charge in [-0.05, 0) is 39.3 Å². The zero-order valence-electron chi connectivity index (χ0n) is 22.4. The molecule has 204 valence electrons. The molecule has 2 aromatic heterocycles. The van der Waals surface area contributed by atoms with Crippen LogP contribution in [0.1, 0.15) is 34.9 Å². The number of para-hydroxylation sites is 1. The zero-order chi connectivity index (χ0) is 27.3. The Morgan fingerprint density at radius 2 is 1.82 bits per heavy atom. The number of nitrogens with zero attached hydrogens (tertiary/aromatic N) is 5. The van der Waals surface area contributed by atoms with Crippen molar-refractivity contribution >= 4 is 96.8 Å². The van der Waals surface area contributed by atoms with Gasteiger partial charge < -0.3 is 15.5 Å². The van der Waals surface area contributed by atoms with Gasteiger partial charge in [0.25, 0.3) is 5.91 Å². The first-order chi connectivity index (χ1) is 18.2. The van der Waals surface area contributed by atoms with E-state index in [-0.39, 0.29) is 43.6 Å². The third-order valence-electron chi connectivity index (χ3n) is 5.76. The normalized spacial score (nSPS) is 14.1. The molecule has 15 heteroatoms. The molecule has 1 aromatic carbocycles. The van der Waals surface area contributed by atoms with Crippen LogP contribution in [0.4, 0.5) is 22.5 Å². The first kappa shape index (κ1) is 32.2. The van der Waals surface area contributed by atoms with Crippen molar-refractivity contribution in [3.8, 4) is 0 Å². The summed E-state index contributed by atoms with van der Waals surface area (Å²) in [5.74, 6) is 1.60. The molecule has 11 nitrogen and oxygen atoms in total. The second kappa shape index (κ2) is 14.5. The zero-order valence-corrected chi connectivity index (χ0v) is 27.1. The van der Waals surface area contributed by atoms with Gasteiger partial charge in [-0.3, -0.25) is 13.8 Å². The third kappa shape index (κ3) is 8.12. The van der Waals surface area contributed by atoms with Crippen LogP contribution in [0.3, 0.4) is 0 Å². The van der Waals surface area contributed by atoms with Gasteiger partial charge >= 0.3 is 45.5 Å². The van der Waals surface area contributed by atoms with Gasteiger partial charge in [-0.25, -0.2) is 24.2 Å². The molecule has 0 aliphatic carbocycles. The van der Waals surface area contributed by atoms with Gasteiger partial charge in [0.2, 0.25) is 0 Å². The molecular formula is C24H31CaClN7O4PS+2. The number of carbonyl (C=O) groups is 1. The molecule has 1 saturated heterocycles. The molecule has 0 radical (unpaired) electrons. The molecule has 0 bridgehead atoms. The molecule has 0 unspecified atom stereocenters. The minimum absolute atomic E-state index is 0. The molecular weight excluding hydrogens is 589 g/mol. The Morgan fingerprint density at radius 3 is 2.46 bits per heavy atom. The first-order valence-electron chi connectivity index (χ1n) is 12.3. The Morgan fingerprint density at radius 1 is 1.13 bits per heavy atom. The van der Waals surface area contributed by atoms with E-state index in [2.05, 4.69) is 30.5 Å². The topological polar surface area (TPSA) is 122 Å². The summed E-state index contributed by atoms with van der Waals surface area (Å²) in [4.78, 5) is 28.7. The van der Waals surface area contributed by atoms with Crippen molar-refractivity contribution in [1.29, 1.82) is 0 Å². The maximum absolute atomic E-state index is 13.1. The molecule has 1 amide bonds. The van der Waals surface area contributed by atoms with Crippen molar-refractivity contribution in [3.05, 3.63) is 51.7 Å². The van der Waals surface area contributed by atoms with Crippen molar-refractivity contribution in [2.45, 2.75) is 27.7 Å². The van der Waals surface area contributed by atoms with Crippen LogP contribution in [0.2, 0.25) is 5.02 Å². The number of piperazine rings is 1. The molecule has 1 fully saturated rings. The standard InChI is InChI=1S/C24H31ClN7O4PS.Ca/c1-5-35-37(34,36-6-2)32-12-10-31(11-13-32)21-14-20(27-17(4)28-21)29-24-26-15-19(38-24)23(33)30-22-16(3)8-7-9-18(22)25;/h7-9,14-15H,5-6,10-13H2,1-4H3,(H,30,33)(H,26,27,28,29);/q;+2. The SMILES string of the molecule is CCOP(=O)(OCC)N1CCN(c2cc(Nc3ncc(C(=O)Nc4c(C)cccc4Cl)s3)nc(C)n2)CC1.[Ca+2]. The van der Waals surface area contributed by atoms with Gasteiger partial charge in [0.1, 0.15) is 22.3 Å². The molecule has 0 spiro atoms. The number of amides is 1. The fourth-order valence-electron chi connectivity index (χ4n) is 3.99. The Kier molecular flexibility index (Phi) is 12.0. The van der Waals surface area contributed by atoms with E-state index in [0.717, 1.165) is 11.4 Å². The van der Waals surface area contributed by atoms with Gasteiger partial charge in [-0.15, -0.1) is 0 Å². The number of aryl methyl sites for hydroxylation is 2. The quantitative estimate of drug-likeness (QED) is 0.233. The van der Waals surface area contributed by atoms with E-state index >= 15 is 0 Å². The maximum Gasteiger partial charge on any atom is 2.00 e. The van der Waals surface area contributed by atoms with Crippen LogP contribution in [-0.2, 0) is 13.6 Å². The van der Waals surface area contributed by atoms with Crippen LogP contribution in [0.15, 0.2) is 30.5 Å². The third-order valence-corrected chi connectivity index (χ3v) is 9.25. The first-order valence-corrected chi connectivity index (χ1v) is 15.0. The summed E-state index contributed by atoms with van der Waals surface area (Å²) >= 11 is 7.45. The molecule has 4 rings (SSSR count). The van der Waals surface area contributed by atoms with Gasteiger partial charge in [-0.2, -0.15) is 0 Å². The predicted octanol–water partition coefficient (Wildman–Crippen LogP) is 5.12. The monoisotopic (exact) mass is 619 g/mol. The molecule has 0 saturated carbocycles. The van der Waals surface area contributed by atoms with Crippen LogP contribution in [0.5, 0.6) is 0 Å². The van der Waals surface area contributed by atoms with Crippen molar-refractivity contribution in [1.82, 2.24) is 19.6 Å². The largest absolute Gasteiger partial charge is 2.00 e. The van der Waals surface area contributed by atoms with Gasteiger partial charge in [0, 0.05) is 32.2 Å². The Bertz CT molecular complexity index is 1310. The summed E-state index contributed by atoms with van der Waals surface area (Å²) in [7, 11) is -3.30. The van der Waals surface area contributed by atoms with Crippen LogP contribution in [0.25, 0.3) is 0 Å². The Hall–Kier alpha value is -1.34. The number of halogens is 1. The van der Waals surface area contributed by atoms with Crippen molar-refractivity contribution in [2.75, 3.05) is 54.9 Å². The number of nitrogens with one attached hydrogen (secondary N) is 2. The van der Waals surface area contributed by atoms with E-state index in [1.165, 1.54) is 17.5 Å². The predicted molar refractivity (Wildman–Crippen MR) is 157 cm³/mol. The number of thiazole rings is 1. The molecule has 1 aliphatic rings. The minimum atomic E-state index is -3.30. The number of hydrogen-bond donors (Lipinski definition) is 2. The van der Waals surface area contributed by atoms with Crippen molar-refractivity contribution in [3.63, 3.8) is 0 Å². The average molecular weight is 620 g/mol. The number of anilines is 4. The van der Waals surface area contributed by atoms with Gasteiger partial charge in [0.05, 0.1) is 30.1 Å². The van der Waals surface area contributed by atoms with E-state index < -0.39 is 7.75 Å². The number of carbonyl (C=O) groups excluding carboxylic acids is 1. The van der Waals surface area contributed by atoms with Crippen LogP contribution in [0, 0.1) is 13.8 Å². The van der Waals surface area contributed by atoms with E-state index in [1.54, 1.807) is 24.6 Å². The summed E-state index contributed by atoms with van der Waals surface area (Å²) in [5, 5.41) is 7.04. The van der Waals surface area contributed by atoms with Gasteiger partial charge in [0.15, 0.2) is 5.13 Å². The second-order valence-corrected chi connectivity index (χ2v) is 11.9. The number of rotatable bonds is 10. The second-order valence-electron chi connectivity index (χ2n) is 8.44.